The summed E-state index contributed by atoms with van der Waals surface area (Å²) in [4.78, 5) is 13.2. The van der Waals surface area contributed by atoms with E-state index in [-0.39, 0.29) is 0 Å². The Kier molecular flexibility index (Phi) is 3.52. The van der Waals surface area contributed by atoms with Gasteiger partial charge in [0.1, 0.15) is 0 Å². The van der Waals surface area contributed by atoms with Gasteiger partial charge in [0.05, 0.1) is 0 Å². The normalized spacial score (nSPS) is 9.94. The van der Waals surface area contributed by atoms with Crippen molar-refractivity contribution < 1.29 is 9.90 Å². The minimum absolute atomic E-state index is 0.456. The SMILES string of the molecule is [O]CC(=O)N(c1ccccc1)c1ccccc1. The molecule has 2 aromatic rings. The molecule has 0 fully saturated rings. The lowest BCUT2D eigenvalue weighted by atomic mass is 10.2. The first-order valence-corrected chi connectivity index (χ1v) is 5.34. The number of carbonyl (C=O) groups is 1. The summed E-state index contributed by atoms with van der Waals surface area (Å²) in [5.74, 6) is -0.456. The fourth-order valence-electron chi connectivity index (χ4n) is 1.66. The molecule has 0 aliphatic carbocycles. The Morgan fingerprint density at radius 1 is 0.824 bits per heavy atom. The lowest BCUT2D eigenvalue weighted by Crippen LogP contribution is -2.27. The number of hydrogen-bond donors (Lipinski definition) is 0. The van der Waals surface area contributed by atoms with Crippen LogP contribution < -0.4 is 4.90 Å². The van der Waals surface area contributed by atoms with Crippen molar-refractivity contribution in [2.24, 2.45) is 0 Å². The zero-order chi connectivity index (χ0) is 12.1. The van der Waals surface area contributed by atoms with Gasteiger partial charge in [0.15, 0.2) is 6.61 Å². The highest BCUT2D eigenvalue weighted by Crippen LogP contribution is 2.24. The maximum absolute atomic E-state index is 11.7. The fraction of sp³-hybridized carbons (Fsp3) is 0.0714. The van der Waals surface area contributed by atoms with Gasteiger partial charge in [-0.25, -0.2) is 5.11 Å². The van der Waals surface area contributed by atoms with Crippen molar-refractivity contribution in [3.8, 4) is 0 Å². The van der Waals surface area contributed by atoms with Gasteiger partial charge in [-0.05, 0) is 24.3 Å². The second-order valence-electron chi connectivity index (χ2n) is 3.54. The molecular weight excluding hydrogens is 214 g/mol. The van der Waals surface area contributed by atoms with E-state index < -0.39 is 12.5 Å². The topological polar surface area (TPSA) is 40.2 Å². The zero-order valence-corrected chi connectivity index (χ0v) is 9.24. The van der Waals surface area contributed by atoms with Crippen molar-refractivity contribution >= 4 is 17.3 Å². The summed E-state index contributed by atoms with van der Waals surface area (Å²) in [6.45, 7) is -0.760. The van der Waals surface area contributed by atoms with Crippen LogP contribution in [-0.4, -0.2) is 12.5 Å². The Morgan fingerprint density at radius 2 is 1.24 bits per heavy atom. The third kappa shape index (κ3) is 2.52. The van der Waals surface area contributed by atoms with E-state index in [4.69, 9.17) is 0 Å². The summed E-state index contributed by atoms with van der Waals surface area (Å²) in [7, 11) is 0. The van der Waals surface area contributed by atoms with E-state index in [9.17, 15) is 9.90 Å². The first kappa shape index (κ1) is 11.4. The molecule has 0 saturated heterocycles. The third-order valence-corrected chi connectivity index (χ3v) is 2.40. The molecule has 0 bridgehead atoms. The number of rotatable bonds is 3. The number of benzene rings is 2. The smallest absolute Gasteiger partial charge is 0.260 e. The molecule has 3 nitrogen and oxygen atoms in total. The molecule has 0 spiro atoms. The Labute approximate surface area is 99.9 Å². The van der Waals surface area contributed by atoms with E-state index in [1.54, 1.807) is 24.3 Å². The standard InChI is InChI=1S/C14H12NO2/c16-11-14(17)15(12-7-3-1-4-8-12)13-9-5-2-6-10-13/h1-10H,11H2. The molecule has 0 atom stereocenters. The largest absolute Gasteiger partial charge is 0.279 e. The van der Waals surface area contributed by atoms with Crippen molar-refractivity contribution in [2.75, 3.05) is 11.5 Å². The second-order valence-corrected chi connectivity index (χ2v) is 3.54. The average Bonchev–Trinajstić information content (AvgIpc) is 2.41. The van der Waals surface area contributed by atoms with Crippen LogP contribution in [0.5, 0.6) is 0 Å². The van der Waals surface area contributed by atoms with E-state index in [1.807, 2.05) is 36.4 Å². The van der Waals surface area contributed by atoms with Gasteiger partial charge in [-0.3, -0.25) is 9.69 Å². The maximum atomic E-state index is 11.7. The Balaban J connectivity index is 2.43. The molecule has 0 heterocycles. The molecule has 3 heteroatoms. The maximum Gasteiger partial charge on any atom is 0.260 e. The van der Waals surface area contributed by atoms with Crippen molar-refractivity contribution in [1.29, 1.82) is 0 Å². The summed E-state index contributed by atoms with van der Waals surface area (Å²) >= 11 is 0. The number of carbonyl (C=O) groups excluding carboxylic acids is 1. The molecule has 0 aromatic heterocycles. The second kappa shape index (κ2) is 5.27. The number of anilines is 2. The summed E-state index contributed by atoms with van der Waals surface area (Å²) in [6, 6.07) is 18.3. The third-order valence-electron chi connectivity index (χ3n) is 2.40. The lowest BCUT2D eigenvalue weighted by Gasteiger charge is -2.21. The predicted molar refractivity (Wildman–Crippen MR) is 65.6 cm³/mol. The zero-order valence-electron chi connectivity index (χ0n) is 9.24. The van der Waals surface area contributed by atoms with Crippen molar-refractivity contribution in [2.45, 2.75) is 0 Å². The molecule has 0 unspecified atom stereocenters. The van der Waals surface area contributed by atoms with Crippen LogP contribution in [0.2, 0.25) is 0 Å². The summed E-state index contributed by atoms with van der Waals surface area (Å²) in [6.07, 6.45) is 0. The monoisotopic (exact) mass is 226 g/mol. The van der Waals surface area contributed by atoms with Crippen LogP contribution in [0.3, 0.4) is 0 Å². The highest BCUT2D eigenvalue weighted by Gasteiger charge is 2.16. The van der Waals surface area contributed by atoms with E-state index in [2.05, 4.69) is 0 Å². The first-order valence-electron chi connectivity index (χ1n) is 5.34. The van der Waals surface area contributed by atoms with Crippen LogP contribution in [0.15, 0.2) is 60.7 Å². The van der Waals surface area contributed by atoms with Gasteiger partial charge in [0.25, 0.3) is 5.91 Å². The molecule has 0 aliphatic heterocycles. The van der Waals surface area contributed by atoms with Crippen LogP contribution in [0.25, 0.3) is 0 Å². The minimum atomic E-state index is -0.760. The number of nitrogens with zero attached hydrogens (tertiary/aromatic N) is 1. The minimum Gasteiger partial charge on any atom is -0.279 e. The van der Waals surface area contributed by atoms with E-state index in [0.29, 0.717) is 11.4 Å². The summed E-state index contributed by atoms with van der Waals surface area (Å²) in [5.41, 5.74) is 1.42. The molecule has 0 N–H and O–H groups in total. The van der Waals surface area contributed by atoms with Crippen LogP contribution in [0.1, 0.15) is 0 Å². The molecule has 1 amide bonds. The predicted octanol–water partition coefficient (Wildman–Crippen LogP) is 2.78. The summed E-state index contributed by atoms with van der Waals surface area (Å²) in [5, 5.41) is 10.8. The molecule has 0 saturated carbocycles. The molecule has 0 aliphatic rings. The van der Waals surface area contributed by atoms with Gasteiger partial charge in [-0.15, -0.1) is 0 Å². The molecule has 2 rings (SSSR count). The lowest BCUT2D eigenvalue weighted by molar-refractivity contribution is -0.122. The molecule has 1 radical (unpaired) electrons. The van der Waals surface area contributed by atoms with Gasteiger partial charge >= 0.3 is 0 Å². The summed E-state index contributed by atoms with van der Waals surface area (Å²) < 4.78 is 0. The Bertz CT molecular complexity index is 443. The van der Waals surface area contributed by atoms with Gasteiger partial charge in [-0.2, -0.15) is 0 Å². The van der Waals surface area contributed by atoms with Gasteiger partial charge < -0.3 is 0 Å². The van der Waals surface area contributed by atoms with E-state index in [1.165, 1.54) is 4.90 Å². The molecule has 17 heavy (non-hydrogen) atoms. The van der Waals surface area contributed by atoms with Gasteiger partial charge in [-0.1, -0.05) is 36.4 Å². The number of amides is 1. The Hall–Kier alpha value is -2.13. The van der Waals surface area contributed by atoms with E-state index >= 15 is 0 Å². The van der Waals surface area contributed by atoms with Crippen molar-refractivity contribution in [3.63, 3.8) is 0 Å². The highest BCUT2D eigenvalue weighted by atomic mass is 16.3. The van der Waals surface area contributed by atoms with Crippen LogP contribution >= 0.6 is 0 Å². The fourth-order valence-corrected chi connectivity index (χ4v) is 1.66. The molecular formula is C14H12NO2. The van der Waals surface area contributed by atoms with Crippen molar-refractivity contribution in [1.82, 2.24) is 0 Å². The highest BCUT2D eigenvalue weighted by molar-refractivity contribution is 6.01. The molecule has 85 valence electrons. The first-order chi connectivity index (χ1) is 8.33. The molecule has 2 aromatic carbocycles. The van der Waals surface area contributed by atoms with Gasteiger partial charge in [0.2, 0.25) is 0 Å². The van der Waals surface area contributed by atoms with E-state index in [0.717, 1.165) is 0 Å². The Morgan fingerprint density at radius 3 is 1.59 bits per heavy atom. The average molecular weight is 226 g/mol. The van der Waals surface area contributed by atoms with Crippen LogP contribution in [-0.2, 0) is 9.90 Å². The van der Waals surface area contributed by atoms with Crippen LogP contribution in [0.4, 0.5) is 11.4 Å². The quantitative estimate of drug-likeness (QED) is 0.793. The van der Waals surface area contributed by atoms with Gasteiger partial charge in [0, 0.05) is 11.4 Å². The number of para-hydroxylation sites is 2. The number of hydrogen-bond acceptors (Lipinski definition) is 1. The van der Waals surface area contributed by atoms with Crippen LogP contribution in [0, 0.1) is 0 Å². The van der Waals surface area contributed by atoms with Crippen molar-refractivity contribution in [3.05, 3.63) is 60.7 Å².